The summed E-state index contributed by atoms with van der Waals surface area (Å²) in [6.45, 7) is 1.29. The van der Waals surface area contributed by atoms with E-state index in [2.05, 4.69) is 9.97 Å². The first kappa shape index (κ1) is 18.4. The molecule has 1 aromatic carbocycles. The van der Waals surface area contributed by atoms with Gasteiger partial charge in [0.1, 0.15) is 5.82 Å². The number of pyridine rings is 1. The maximum absolute atomic E-state index is 12.8. The fourth-order valence-corrected chi connectivity index (χ4v) is 3.80. The number of rotatable bonds is 4. The van der Waals surface area contributed by atoms with E-state index in [1.54, 1.807) is 12.4 Å². The van der Waals surface area contributed by atoms with Gasteiger partial charge in [0.2, 0.25) is 0 Å². The molecule has 0 saturated carbocycles. The third-order valence-corrected chi connectivity index (χ3v) is 5.48. The van der Waals surface area contributed by atoms with Gasteiger partial charge in [0.25, 0.3) is 5.91 Å². The van der Waals surface area contributed by atoms with Crippen LogP contribution in [0.4, 0.5) is 0 Å². The van der Waals surface area contributed by atoms with Crippen LogP contribution in [0.15, 0.2) is 61.1 Å². The molecule has 2 aromatic heterocycles. The van der Waals surface area contributed by atoms with E-state index in [0.29, 0.717) is 24.3 Å². The quantitative estimate of drug-likeness (QED) is 0.760. The Morgan fingerprint density at radius 1 is 1.07 bits per heavy atom. The highest BCUT2D eigenvalue weighted by Crippen LogP contribution is 2.30. The Labute approximate surface area is 164 Å². The number of nitrogens with zero attached hydrogens (tertiary/aromatic N) is 4. The second kappa shape index (κ2) is 7.94. The largest absolute Gasteiger partial charge is 0.387 e. The van der Waals surface area contributed by atoms with E-state index in [-0.39, 0.29) is 11.8 Å². The Kier molecular flexibility index (Phi) is 5.21. The van der Waals surface area contributed by atoms with Gasteiger partial charge in [-0.2, -0.15) is 0 Å². The van der Waals surface area contributed by atoms with Gasteiger partial charge >= 0.3 is 0 Å². The zero-order valence-electron chi connectivity index (χ0n) is 15.9. The van der Waals surface area contributed by atoms with Crippen molar-refractivity contribution in [3.8, 4) is 11.4 Å². The molecule has 0 spiro atoms. The van der Waals surface area contributed by atoms with Crippen molar-refractivity contribution in [1.82, 2.24) is 19.4 Å². The molecule has 0 bridgehead atoms. The molecule has 6 heteroatoms. The van der Waals surface area contributed by atoms with Crippen molar-refractivity contribution in [2.75, 3.05) is 13.1 Å². The average molecular weight is 376 g/mol. The van der Waals surface area contributed by atoms with Gasteiger partial charge in [-0.3, -0.25) is 9.78 Å². The van der Waals surface area contributed by atoms with Crippen LogP contribution in [0, 0.1) is 5.92 Å². The second-order valence-electron chi connectivity index (χ2n) is 7.27. The molecule has 4 rings (SSSR count). The van der Waals surface area contributed by atoms with Crippen molar-refractivity contribution in [2.45, 2.75) is 18.9 Å². The van der Waals surface area contributed by atoms with Crippen LogP contribution in [-0.4, -0.2) is 43.5 Å². The summed E-state index contributed by atoms with van der Waals surface area (Å²) >= 11 is 0. The number of aromatic nitrogens is 3. The first-order valence-electron chi connectivity index (χ1n) is 9.59. The predicted octanol–water partition coefficient (Wildman–Crippen LogP) is 3.07. The topological polar surface area (TPSA) is 71.2 Å². The number of amides is 1. The Balaban J connectivity index is 1.38. The lowest BCUT2D eigenvalue weighted by atomic mass is 9.89. The van der Waals surface area contributed by atoms with Crippen molar-refractivity contribution < 1.29 is 9.90 Å². The van der Waals surface area contributed by atoms with Gasteiger partial charge in [0.05, 0.1) is 11.8 Å². The van der Waals surface area contributed by atoms with Crippen molar-refractivity contribution in [3.63, 3.8) is 0 Å². The van der Waals surface area contributed by atoms with E-state index in [0.717, 1.165) is 24.2 Å². The molecule has 1 aliphatic rings. The van der Waals surface area contributed by atoms with Crippen LogP contribution in [0.2, 0.25) is 0 Å². The summed E-state index contributed by atoms with van der Waals surface area (Å²) in [5.41, 5.74) is 2.38. The summed E-state index contributed by atoms with van der Waals surface area (Å²) < 4.78 is 1.95. The highest BCUT2D eigenvalue weighted by Gasteiger charge is 2.29. The zero-order chi connectivity index (χ0) is 19.5. The number of aliphatic hydroxyl groups is 1. The van der Waals surface area contributed by atoms with E-state index in [1.165, 1.54) is 0 Å². The monoisotopic (exact) mass is 376 g/mol. The fraction of sp³-hybridized carbons (Fsp3) is 0.318. The summed E-state index contributed by atoms with van der Waals surface area (Å²) in [5, 5.41) is 10.6. The summed E-state index contributed by atoms with van der Waals surface area (Å²) in [6, 6.07) is 13.2. The first-order valence-corrected chi connectivity index (χ1v) is 9.59. The molecular formula is C22H24N4O2. The number of imidazole rings is 1. The predicted molar refractivity (Wildman–Crippen MR) is 106 cm³/mol. The third kappa shape index (κ3) is 3.68. The standard InChI is InChI=1S/C22H24N4O2/c1-25-15-12-24-21(25)17-5-7-18(8-6-17)22(28)26-13-9-16(10-14-26)20(27)19-4-2-3-11-23-19/h2-8,11-12,15-16,20,27H,9-10,13-14H2,1H3/t20-/m1/s1. The summed E-state index contributed by atoms with van der Waals surface area (Å²) in [5.74, 6) is 1.05. The molecule has 3 heterocycles. The second-order valence-corrected chi connectivity index (χ2v) is 7.27. The summed E-state index contributed by atoms with van der Waals surface area (Å²) in [7, 11) is 1.95. The van der Waals surface area contributed by atoms with Crippen LogP contribution in [0.3, 0.4) is 0 Å². The van der Waals surface area contributed by atoms with Crippen molar-refractivity contribution >= 4 is 5.91 Å². The first-order chi connectivity index (χ1) is 13.6. The Morgan fingerprint density at radius 2 is 1.82 bits per heavy atom. The van der Waals surface area contributed by atoms with Gasteiger partial charge in [0, 0.05) is 49.9 Å². The molecule has 28 heavy (non-hydrogen) atoms. The maximum atomic E-state index is 12.8. The average Bonchev–Trinajstić information content (AvgIpc) is 3.19. The number of carbonyl (C=O) groups excluding carboxylic acids is 1. The van der Waals surface area contributed by atoms with E-state index in [4.69, 9.17) is 0 Å². The molecule has 1 N–H and O–H groups in total. The van der Waals surface area contributed by atoms with Crippen molar-refractivity contribution in [2.24, 2.45) is 13.0 Å². The van der Waals surface area contributed by atoms with Crippen LogP contribution in [-0.2, 0) is 7.05 Å². The normalized spacial score (nSPS) is 16.1. The van der Waals surface area contributed by atoms with Crippen LogP contribution < -0.4 is 0 Å². The smallest absolute Gasteiger partial charge is 0.253 e. The minimum Gasteiger partial charge on any atom is -0.387 e. The number of aliphatic hydroxyl groups excluding tert-OH is 1. The molecule has 144 valence electrons. The molecule has 1 atom stereocenters. The fourth-order valence-electron chi connectivity index (χ4n) is 3.80. The number of hydrogen-bond acceptors (Lipinski definition) is 4. The molecule has 6 nitrogen and oxygen atoms in total. The number of carbonyl (C=O) groups is 1. The van der Waals surface area contributed by atoms with E-state index < -0.39 is 6.10 Å². The lowest BCUT2D eigenvalue weighted by Gasteiger charge is -2.34. The van der Waals surface area contributed by atoms with Gasteiger partial charge in [-0.15, -0.1) is 0 Å². The van der Waals surface area contributed by atoms with Gasteiger partial charge in [-0.05, 0) is 43.0 Å². The molecule has 0 radical (unpaired) electrons. The SMILES string of the molecule is Cn1ccnc1-c1ccc(C(=O)N2CCC([C@@H](O)c3ccccn3)CC2)cc1. The molecule has 3 aromatic rings. The summed E-state index contributed by atoms with van der Waals surface area (Å²) in [4.78, 5) is 23.3. The van der Waals surface area contributed by atoms with Crippen LogP contribution in [0.25, 0.3) is 11.4 Å². The highest BCUT2D eigenvalue weighted by molar-refractivity contribution is 5.94. The lowest BCUT2D eigenvalue weighted by Crippen LogP contribution is -2.39. The number of benzene rings is 1. The Hall–Kier alpha value is -2.99. The van der Waals surface area contributed by atoms with E-state index in [1.807, 2.05) is 65.2 Å². The van der Waals surface area contributed by atoms with Gasteiger partial charge in [0.15, 0.2) is 0 Å². The molecule has 1 amide bonds. The van der Waals surface area contributed by atoms with Gasteiger partial charge in [-0.1, -0.05) is 18.2 Å². The highest BCUT2D eigenvalue weighted by atomic mass is 16.3. The molecule has 1 saturated heterocycles. The van der Waals surface area contributed by atoms with Gasteiger partial charge < -0.3 is 14.6 Å². The third-order valence-electron chi connectivity index (χ3n) is 5.48. The molecule has 0 aliphatic carbocycles. The minimum absolute atomic E-state index is 0.0390. The number of aryl methyl sites for hydroxylation is 1. The van der Waals surface area contributed by atoms with Crippen LogP contribution >= 0.6 is 0 Å². The Morgan fingerprint density at radius 3 is 2.43 bits per heavy atom. The van der Waals surface area contributed by atoms with Crippen LogP contribution in [0.1, 0.15) is 35.0 Å². The molecule has 0 unspecified atom stereocenters. The maximum Gasteiger partial charge on any atom is 0.253 e. The van der Waals surface area contributed by atoms with Crippen LogP contribution in [0.5, 0.6) is 0 Å². The lowest BCUT2D eigenvalue weighted by molar-refractivity contribution is 0.0447. The molecule has 1 fully saturated rings. The minimum atomic E-state index is -0.574. The summed E-state index contributed by atoms with van der Waals surface area (Å²) in [6.07, 6.45) is 6.33. The number of likely N-dealkylation sites (tertiary alicyclic amines) is 1. The van der Waals surface area contributed by atoms with E-state index >= 15 is 0 Å². The van der Waals surface area contributed by atoms with E-state index in [9.17, 15) is 9.90 Å². The Bertz CT molecular complexity index is 929. The zero-order valence-corrected chi connectivity index (χ0v) is 15.9. The molecule has 1 aliphatic heterocycles. The van der Waals surface area contributed by atoms with Crippen molar-refractivity contribution in [1.29, 1.82) is 0 Å². The van der Waals surface area contributed by atoms with Gasteiger partial charge in [-0.25, -0.2) is 4.98 Å². The number of piperidine rings is 1. The van der Waals surface area contributed by atoms with Crippen molar-refractivity contribution in [3.05, 3.63) is 72.3 Å². The molecular weight excluding hydrogens is 352 g/mol. The number of hydrogen-bond donors (Lipinski definition) is 1.